The third-order valence-electron chi connectivity index (χ3n) is 6.20. The Bertz CT molecular complexity index is 1270. The summed E-state index contributed by atoms with van der Waals surface area (Å²) in [4.78, 5) is 17.1. The van der Waals surface area contributed by atoms with Crippen LogP contribution < -0.4 is 4.74 Å². The van der Waals surface area contributed by atoms with Crippen LogP contribution in [0.1, 0.15) is 29.0 Å². The Balaban J connectivity index is 1.28. The van der Waals surface area contributed by atoms with Gasteiger partial charge in [0.15, 0.2) is 0 Å². The minimum absolute atomic E-state index is 0.0531. The fraction of sp³-hybridized carbons (Fsp3) is 0.214. The number of hydrogen-bond donors (Lipinski definition) is 0. The van der Waals surface area contributed by atoms with Crippen molar-refractivity contribution in [3.63, 3.8) is 0 Å². The molecule has 7 heteroatoms. The van der Waals surface area contributed by atoms with Crippen LogP contribution >= 0.6 is 23.4 Å². The molecule has 1 amide bonds. The van der Waals surface area contributed by atoms with Crippen molar-refractivity contribution in [2.24, 2.45) is 0 Å². The van der Waals surface area contributed by atoms with Gasteiger partial charge >= 0.3 is 0 Å². The molecule has 1 unspecified atom stereocenters. The van der Waals surface area contributed by atoms with Crippen molar-refractivity contribution < 1.29 is 9.53 Å². The van der Waals surface area contributed by atoms with E-state index in [1.54, 1.807) is 16.7 Å². The number of amides is 1. The highest BCUT2D eigenvalue weighted by molar-refractivity contribution is 8.03. The Morgan fingerprint density at radius 1 is 1.00 bits per heavy atom. The Labute approximate surface area is 214 Å². The fourth-order valence-electron chi connectivity index (χ4n) is 4.38. The van der Waals surface area contributed by atoms with Crippen molar-refractivity contribution >= 4 is 29.3 Å². The molecular weight excluding hydrogens is 478 g/mol. The van der Waals surface area contributed by atoms with Gasteiger partial charge in [0.2, 0.25) is 5.91 Å². The van der Waals surface area contributed by atoms with E-state index in [0.29, 0.717) is 23.9 Å². The summed E-state index contributed by atoms with van der Waals surface area (Å²) in [5.41, 5.74) is 3.86. The average molecular weight is 502 g/mol. The highest BCUT2D eigenvalue weighted by atomic mass is 35.5. The zero-order valence-electron chi connectivity index (χ0n) is 19.1. The Kier molecular flexibility index (Phi) is 7.10. The molecule has 3 aromatic carbocycles. The number of fused-ring (bicyclic) bond motifs is 1. The Hall–Kier alpha value is -3.24. The van der Waals surface area contributed by atoms with Gasteiger partial charge in [0, 0.05) is 23.9 Å². The minimum atomic E-state index is -0.239. The Morgan fingerprint density at radius 2 is 1.74 bits per heavy atom. The molecule has 0 bridgehead atoms. The van der Waals surface area contributed by atoms with Gasteiger partial charge in [-0.05, 0) is 41.0 Å². The van der Waals surface area contributed by atoms with Gasteiger partial charge < -0.3 is 4.74 Å². The number of carbonyl (C=O) groups excluding carboxylic acids is 1. The summed E-state index contributed by atoms with van der Waals surface area (Å²) < 4.78 is 5.89. The molecule has 5 nitrogen and oxygen atoms in total. The van der Waals surface area contributed by atoms with Gasteiger partial charge in [-0.15, -0.1) is 0 Å². The summed E-state index contributed by atoms with van der Waals surface area (Å²) in [5, 5.41) is 11.5. The van der Waals surface area contributed by atoms with Crippen molar-refractivity contribution in [2.75, 3.05) is 12.5 Å². The molecule has 2 aliphatic rings. The van der Waals surface area contributed by atoms with Crippen molar-refractivity contribution in [2.45, 2.75) is 25.5 Å². The van der Waals surface area contributed by atoms with Crippen LogP contribution in [0.5, 0.6) is 5.75 Å². The van der Waals surface area contributed by atoms with E-state index in [-0.39, 0.29) is 18.2 Å². The van der Waals surface area contributed by atoms with Crippen LogP contribution in [0.25, 0.3) is 0 Å². The lowest BCUT2D eigenvalue weighted by Gasteiger charge is -2.41. The lowest BCUT2D eigenvalue weighted by atomic mass is 9.86. The Morgan fingerprint density at radius 3 is 2.46 bits per heavy atom. The number of halogens is 1. The van der Waals surface area contributed by atoms with Crippen molar-refractivity contribution in [3.8, 4) is 11.8 Å². The van der Waals surface area contributed by atoms with Crippen LogP contribution in [0.2, 0.25) is 5.02 Å². The SMILES string of the molecule is N#CC1=C2SCN(Cc3ccccc3)CN2C(=O)CC1c1ccc(OCc2ccc(Cl)cc2)cc1. The third-order valence-corrected chi connectivity index (χ3v) is 7.66. The number of allylic oxidation sites excluding steroid dienone is 1. The van der Waals surface area contributed by atoms with E-state index in [4.69, 9.17) is 16.3 Å². The predicted octanol–water partition coefficient (Wildman–Crippen LogP) is 6.13. The summed E-state index contributed by atoms with van der Waals surface area (Å²) in [6.07, 6.45) is 0.289. The minimum Gasteiger partial charge on any atom is -0.489 e. The van der Waals surface area contributed by atoms with Crippen molar-refractivity contribution in [1.29, 1.82) is 5.26 Å². The standard InChI is InChI=1S/C28H24ClN3O2S/c29-23-10-6-21(7-11-23)17-34-24-12-8-22(9-13-24)25-14-27(33)32-18-31(16-20-4-2-1-3-5-20)19-35-28(32)26(25)15-30/h1-13,25H,14,16-19H2. The van der Waals surface area contributed by atoms with E-state index in [0.717, 1.165) is 34.3 Å². The third kappa shape index (κ3) is 5.38. The van der Waals surface area contributed by atoms with Crippen LogP contribution in [0.3, 0.4) is 0 Å². The first-order chi connectivity index (χ1) is 17.1. The predicted molar refractivity (Wildman–Crippen MR) is 138 cm³/mol. The summed E-state index contributed by atoms with van der Waals surface area (Å²) in [5.74, 6) is 1.29. The topological polar surface area (TPSA) is 56.6 Å². The summed E-state index contributed by atoms with van der Waals surface area (Å²) in [6.45, 7) is 1.72. The zero-order valence-corrected chi connectivity index (χ0v) is 20.6. The lowest BCUT2D eigenvalue weighted by Crippen LogP contribution is -2.46. The highest BCUT2D eigenvalue weighted by Crippen LogP contribution is 2.42. The maximum absolute atomic E-state index is 13.1. The number of benzene rings is 3. The molecule has 2 heterocycles. The first-order valence-corrected chi connectivity index (χ1v) is 12.8. The average Bonchev–Trinajstić information content (AvgIpc) is 2.89. The highest BCUT2D eigenvalue weighted by Gasteiger charge is 2.38. The number of nitrogens with zero attached hydrogens (tertiary/aromatic N) is 3. The molecule has 0 saturated carbocycles. The molecule has 5 rings (SSSR count). The first-order valence-electron chi connectivity index (χ1n) is 11.4. The number of hydrogen-bond acceptors (Lipinski definition) is 5. The van der Waals surface area contributed by atoms with Gasteiger partial charge in [0.1, 0.15) is 12.4 Å². The molecule has 1 saturated heterocycles. The van der Waals surface area contributed by atoms with E-state index >= 15 is 0 Å². The second-order valence-electron chi connectivity index (χ2n) is 8.62. The van der Waals surface area contributed by atoms with Gasteiger partial charge in [0.05, 0.1) is 29.2 Å². The molecule has 0 aromatic heterocycles. The molecule has 0 N–H and O–H groups in total. The van der Waals surface area contributed by atoms with E-state index in [1.807, 2.05) is 66.7 Å². The molecular formula is C28H24ClN3O2S. The van der Waals surface area contributed by atoms with E-state index in [1.165, 1.54) is 5.56 Å². The largest absolute Gasteiger partial charge is 0.489 e. The molecule has 35 heavy (non-hydrogen) atoms. The quantitative estimate of drug-likeness (QED) is 0.406. The maximum atomic E-state index is 13.1. The van der Waals surface area contributed by atoms with Crippen molar-refractivity contribution in [1.82, 2.24) is 9.80 Å². The summed E-state index contributed by atoms with van der Waals surface area (Å²) >= 11 is 7.51. The van der Waals surface area contributed by atoms with Crippen LogP contribution in [-0.4, -0.2) is 28.3 Å². The molecule has 0 radical (unpaired) electrons. The van der Waals surface area contributed by atoms with E-state index in [2.05, 4.69) is 23.1 Å². The molecule has 0 aliphatic carbocycles. The number of rotatable bonds is 6. The van der Waals surface area contributed by atoms with Crippen molar-refractivity contribution in [3.05, 3.63) is 111 Å². The zero-order chi connectivity index (χ0) is 24.2. The first kappa shape index (κ1) is 23.5. The van der Waals surface area contributed by atoms with Gasteiger partial charge in [0.25, 0.3) is 0 Å². The van der Waals surface area contributed by atoms with Crippen LogP contribution in [0.4, 0.5) is 0 Å². The van der Waals surface area contributed by atoms with E-state index < -0.39 is 0 Å². The maximum Gasteiger partial charge on any atom is 0.229 e. The van der Waals surface area contributed by atoms with Gasteiger partial charge in [-0.1, -0.05) is 78.0 Å². The molecule has 2 aliphatic heterocycles. The smallest absolute Gasteiger partial charge is 0.229 e. The molecule has 3 aromatic rings. The molecule has 1 atom stereocenters. The summed E-state index contributed by atoms with van der Waals surface area (Å²) in [6, 6.07) is 27.9. The van der Waals surface area contributed by atoms with Crippen LogP contribution in [0.15, 0.2) is 89.5 Å². The van der Waals surface area contributed by atoms with Crippen LogP contribution in [-0.2, 0) is 17.9 Å². The molecule has 1 fully saturated rings. The van der Waals surface area contributed by atoms with Gasteiger partial charge in [-0.3, -0.25) is 14.6 Å². The number of ether oxygens (including phenoxy) is 1. The molecule has 0 spiro atoms. The second kappa shape index (κ2) is 10.6. The van der Waals surface area contributed by atoms with Crippen LogP contribution in [0, 0.1) is 11.3 Å². The normalized spacial score (nSPS) is 18.2. The second-order valence-corrected chi connectivity index (χ2v) is 9.99. The number of thioether (sulfide) groups is 1. The lowest BCUT2D eigenvalue weighted by molar-refractivity contribution is -0.131. The number of carbonyl (C=O) groups is 1. The monoisotopic (exact) mass is 501 g/mol. The van der Waals surface area contributed by atoms with Gasteiger partial charge in [-0.2, -0.15) is 5.26 Å². The van der Waals surface area contributed by atoms with E-state index in [9.17, 15) is 10.1 Å². The number of nitriles is 1. The summed E-state index contributed by atoms with van der Waals surface area (Å²) in [7, 11) is 0. The van der Waals surface area contributed by atoms with Gasteiger partial charge in [-0.25, -0.2) is 0 Å². The fourth-order valence-corrected chi connectivity index (χ4v) is 5.64. The molecule has 176 valence electrons.